The number of hydrogen-bond donors (Lipinski definition) is 2. The molecule has 24 heavy (non-hydrogen) atoms. The van der Waals surface area contributed by atoms with Gasteiger partial charge >= 0.3 is 0 Å². The number of carbonyl (C=O) groups is 1. The van der Waals surface area contributed by atoms with Gasteiger partial charge in [-0.2, -0.15) is 0 Å². The first-order chi connectivity index (χ1) is 11.4. The number of hydrogen-bond acceptors (Lipinski definition) is 4. The summed E-state index contributed by atoms with van der Waals surface area (Å²) in [6.07, 6.45) is 1.55. The van der Waals surface area contributed by atoms with Crippen molar-refractivity contribution in [3.05, 3.63) is 70.1 Å². The van der Waals surface area contributed by atoms with Crippen LogP contribution in [0.15, 0.2) is 53.5 Å². The van der Waals surface area contributed by atoms with Crippen LogP contribution in [0, 0.1) is 0 Å². The van der Waals surface area contributed by atoms with Gasteiger partial charge in [0.1, 0.15) is 6.54 Å². The van der Waals surface area contributed by atoms with Crippen LogP contribution in [0.3, 0.4) is 0 Å². The van der Waals surface area contributed by atoms with E-state index in [1.807, 2.05) is 0 Å². The lowest BCUT2D eigenvalue weighted by Crippen LogP contribution is -2.31. The summed E-state index contributed by atoms with van der Waals surface area (Å²) in [5.74, 6) is -0.363. The second-order valence-electron chi connectivity index (χ2n) is 5.22. The highest BCUT2D eigenvalue weighted by atomic mass is 32.2. The van der Waals surface area contributed by atoms with Crippen LogP contribution in [0.2, 0.25) is 0 Å². The number of nitrogens with one attached hydrogen (secondary N) is 2. The second kappa shape index (κ2) is 7.89. The summed E-state index contributed by atoms with van der Waals surface area (Å²) in [6.45, 7) is 0.262. The number of sulfonamides is 1. The molecule has 1 aromatic carbocycles. The molecule has 8 heteroatoms. The number of carbonyl (C=O) groups excluding carboxylic acids is 1. The third-order valence-electron chi connectivity index (χ3n) is 3.39. The van der Waals surface area contributed by atoms with Crippen LogP contribution < -0.4 is 15.6 Å². The van der Waals surface area contributed by atoms with Crippen molar-refractivity contribution in [2.45, 2.75) is 18.8 Å². The summed E-state index contributed by atoms with van der Waals surface area (Å²) in [6, 6.07) is 11.6. The summed E-state index contributed by atoms with van der Waals surface area (Å²) in [7, 11) is -1.93. The number of benzene rings is 1. The Hall–Kier alpha value is -2.45. The molecule has 1 amide bonds. The third-order valence-corrected chi connectivity index (χ3v) is 4.73. The van der Waals surface area contributed by atoms with Crippen molar-refractivity contribution in [2.75, 3.05) is 7.05 Å². The van der Waals surface area contributed by atoms with E-state index in [2.05, 4.69) is 10.0 Å². The molecular weight excluding hydrogens is 330 g/mol. The fraction of sp³-hybridized carbons (Fsp3) is 0.250. The Morgan fingerprint density at radius 3 is 2.38 bits per heavy atom. The molecule has 0 aliphatic heterocycles. The largest absolute Gasteiger partial charge is 0.350 e. The molecular formula is C16H19N3O4S. The van der Waals surface area contributed by atoms with Gasteiger partial charge in [0.2, 0.25) is 15.9 Å². The molecule has 2 aromatic rings. The van der Waals surface area contributed by atoms with E-state index in [1.165, 1.54) is 17.7 Å². The van der Waals surface area contributed by atoms with Gasteiger partial charge in [-0.05, 0) is 24.2 Å². The zero-order valence-corrected chi connectivity index (χ0v) is 14.0. The van der Waals surface area contributed by atoms with Gasteiger partial charge in [-0.1, -0.05) is 30.3 Å². The van der Waals surface area contributed by atoms with Crippen molar-refractivity contribution in [3.63, 3.8) is 0 Å². The van der Waals surface area contributed by atoms with Gasteiger partial charge in [0.15, 0.2) is 0 Å². The zero-order valence-electron chi connectivity index (χ0n) is 13.2. The van der Waals surface area contributed by atoms with E-state index in [0.29, 0.717) is 12.1 Å². The average Bonchev–Trinajstić information content (AvgIpc) is 2.56. The molecule has 0 aliphatic rings. The Morgan fingerprint density at radius 2 is 1.75 bits per heavy atom. The quantitative estimate of drug-likeness (QED) is 0.747. The van der Waals surface area contributed by atoms with E-state index in [9.17, 15) is 18.0 Å². The monoisotopic (exact) mass is 349 g/mol. The highest BCUT2D eigenvalue weighted by Crippen LogP contribution is 2.07. The topological polar surface area (TPSA) is 97.3 Å². The molecule has 0 aliphatic carbocycles. The van der Waals surface area contributed by atoms with Crippen molar-refractivity contribution in [2.24, 2.45) is 0 Å². The molecule has 0 saturated heterocycles. The van der Waals surface area contributed by atoms with Crippen LogP contribution in [-0.4, -0.2) is 25.9 Å². The number of nitrogens with zero attached hydrogens (tertiary/aromatic N) is 1. The summed E-state index contributed by atoms with van der Waals surface area (Å²) < 4.78 is 26.5. The number of rotatable bonds is 7. The molecule has 0 radical (unpaired) electrons. The van der Waals surface area contributed by atoms with Crippen molar-refractivity contribution < 1.29 is 13.2 Å². The van der Waals surface area contributed by atoms with Crippen molar-refractivity contribution >= 4 is 15.9 Å². The standard InChI is InChI=1S/C16H19N3O4S/c1-17-24(22,23)12-14-7-5-13(6-8-14)10-18-15(20)11-19-9-3-2-4-16(19)21/h2-9,17H,10-12H2,1H3,(H,18,20). The molecule has 2 rings (SSSR count). The maximum atomic E-state index is 11.9. The zero-order chi connectivity index (χ0) is 17.6. The molecule has 0 bridgehead atoms. The lowest BCUT2D eigenvalue weighted by molar-refractivity contribution is -0.121. The predicted octanol–water partition coefficient (Wildman–Crippen LogP) is 0.214. The molecule has 2 N–H and O–H groups in total. The Labute approximate surface area is 140 Å². The lowest BCUT2D eigenvalue weighted by atomic mass is 10.1. The first-order valence-corrected chi connectivity index (χ1v) is 8.96. The second-order valence-corrected chi connectivity index (χ2v) is 7.15. The normalized spacial score (nSPS) is 11.2. The van der Waals surface area contributed by atoms with E-state index >= 15 is 0 Å². The molecule has 0 atom stereocenters. The van der Waals surface area contributed by atoms with Crippen molar-refractivity contribution in [1.29, 1.82) is 0 Å². The fourth-order valence-corrected chi connectivity index (χ4v) is 2.82. The highest BCUT2D eigenvalue weighted by Gasteiger charge is 2.08. The van der Waals surface area contributed by atoms with Gasteiger partial charge in [-0.25, -0.2) is 13.1 Å². The van der Waals surface area contributed by atoms with Gasteiger partial charge in [-0.15, -0.1) is 0 Å². The minimum atomic E-state index is -3.30. The SMILES string of the molecule is CNS(=O)(=O)Cc1ccc(CNC(=O)Cn2ccccc2=O)cc1. The maximum Gasteiger partial charge on any atom is 0.250 e. The molecule has 128 valence electrons. The van der Waals surface area contributed by atoms with E-state index in [-0.39, 0.29) is 23.8 Å². The van der Waals surface area contributed by atoms with Crippen LogP contribution in [-0.2, 0) is 33.7 Å². The number of aromatic nitrogens is 1. The maximum absolute atomic E-state index is 11.9. The van der Waals surface area contributed by atoms with E-state index in [0.717, 1.165) is 5.56 Å². The van der Waals surface area contributed by atoms with E-state index in [1.54, 1.807) is 42.6 Å². The van der Waals surface area contributed by atoms with Gasteiger partial charge in [0.05, 0.1) is 5.75 Å². The van der Waals surface area contributed by atoms with Crippen LogP contribution >= 0.6 is 0 Å². The molecule has 7 nitrogen and oxygen atoms in total. The lowest BCUT2D eigenvalue weighted by Gasteiger charge is -2.08. The molecule has 0 saturated carbocycles. The van der Waals surface area contributed by atoms with Crippen molar-refractivity contribution in [1.82, 2.24) is 14.6 Å². The molecule has 1 heterocycles. The highest BCUT2D eigenvalue weighted by molar-refractivity contribution is 7.88. The minimum absolute atomic E-state index is 0.0435. The average molecular weight is 349 g/mol. The Bertz CT molecular complexity index is 857. The van der Waals surface area contributed by atoms with Gasteiger partial charge in [0.25, 0.3) is 5.56 Å². The summed E-state index contributed by atoms with van der Waals surface area (Å²) >= 11 is 0. The summed E-state index contributed by atoms with van der Waals surface area (Å²) in [5, 5.41) is 2.72. The van der Waals surface area contributed by atoms with E-state index < -0.39 is 10.0 Å². The van der Waals surface area contributed by atoms with Crippen LogP contribution in [0.25, 0.3) is 0 Å². The van der Waals surface area contributed by atoms with Gasteiger partial charge < -0.3 is 9.88 Å². The first kappa shape index (κ1) is 17.9. The molecule has 0 spiro atoms. The van der Waals surface area contributed by atoms with E-state index in [4.69, 9.17) is 0 Å². The summed E-state index contributed by atoms with van der Waals surface area (Å²) in [5.41, 5.74) is 1.27. The Kier molecular flexibility index (Phi) is 5.88. The predicted molar refractivity (Wildman–Crippen MR) is 90.7 cm³/mol. The minimum Gasteiger partial charge on any atom is -0.350 e. The molecule has 1 aromatic heterocycles. The summed E-state index contributed by atoms with van der Waals surface area (Å²) in [4.78, 5) is 23.4. The molecule has 0 fully saturated rings. The third kappa shape index (κ3) is 5.32. The fourth-order valence-electron chi connectivity index (χ4n) is 2.05. The number of amides is 1. The Balaban J connectivity index is 1.89. The molecule has 0 unspecified atom stereocenters. The first-order valence-electron chi connectivity index (χ1n) is 7.31. The van der Waals surface area contributed by atoms with Gasteiger partial charge in [-0.3, -0.25) is 9.59 Å². The number of pyridine rings is 1. The van der Waals surface area contributed by atoms with Crippen molar-refractivity contribution in [3.8, 4) is 0 Å². The van der Waals surface area contributed by atoms with Crippen LogP contribution in [0.4, 0.5) is 0 Å². The Morgan fingerprint density at radius 1 is 1.08 bits per heavy atom. The smallest absolute Gasteiger partial charge is 0.250 e. The van der Waals surface area contributed by atoms with Crippen LogP contribution in [0.5, 0.6) is 0 Å². The van der Waals surface area contributed by atoms with Gasteiger partial charge in [0, 0.05) is 18.8 Å². The van der Waals surface area contributed by atoms with Crippen LogP contribution in [0.1, 0.15) is 11.1 Å².